The quantitative estimate of drug-likeness (QED) is 0.310. The number of hydrogen-bond acceptors (Lipinski definition) is 1. The zero-order chi connectivity index (χ0) is 22.8. The molecule has 0 heterocycles. The Labute approximate surface area is 197 Å². The van der Waals surface area contributed by atoms with Crippen molar-refractivity contribution >= 4 is 6.92 Å². The van der Waals surface area contributed by atoms with Crippen LogP contribution >= 0.6 is 0 Å². The van der Waals surface area contributed by atoms with Crippen molar-refractivity contribution < 1.29 is 4.65 Å². The normalized spacial score (nSPS) is 41.7. The molecule has 6 aliphatic carbocycles. The van der Waals surface area contributed by atoms with E-state index in [-0.39, 0.29) is 6.10 Å². The number of fused-ring (bicyclic) bond motifs is 4. The molecule has 0 saturated heterocycles. The molecule has 174 valence electrons. The topological polar surface area (TPSA) is 9.23 Å². The van der Waals surface area contributed by atoms with Gasteiger partial charge in [-0.1, -0.05) is 90.8 Å². The van der Waals surface area contributed by atoms with E-state index in [1.54, 1.807) is 0 Å². The maximum atomic E-state index is 7.30. The Kier molecular flexibility index (Phi) is 5.72. The highest BCUT2D eigenvalue weighted by molar-refractivity contribution is 6.55. The van der Waals surface area contributed by atoms with Crippen LogP contribution in [-0.2, 0) is 4.65 Å². The third kappa shape index (κ3) is 3.38. The zero-order valence-electron chi connectivity index (χ0n) is 21.4. The van der Waals surface area contributed by atoms with E-state index in [0.717, 1.165) is 41.9 Å². The largest absolute Gasteiger partial charge is 0.428 e. The minimum Gasteiger partial charge on any atom is -0.428 e. The van der Waals surface area contributed by atoms with Crippen LogP contribution in [0.1, 0.15) is 85.3 Å². The molecule has 32 heavy (non-hydrogen) atoms. The van der Waals surface area contributed by atoms with Crippen molar-refractivity contribution in [1.29, 1.82) is 0 Å². The van der Waals surface area contributed by atoms with Gasteiger partial charge in [0.25, 0.3) is 0 Å². The summed E-state index contributed by atoms with van der Waals surface area (Å²) in [5.41, 5.74) is 2.38. The van der Waals surface area contributed by atoms with Gasteiger partial charge in [0.1, 0.15) is 0 Å². The predicted octanol–water partition coefficient (Wildman–Crippen LogP) is 8.46. The van der Waals surface area contributed by atoms with Crippen molar-refractivity contribution in [3.63, 3.8) is 0 Å². The van der Waals surface area contributed by atoms with Crippen LogP contribution in [0.25, 0.3) is 0 Å². The standard InChI is InChI=1S/C30H45BO/c1-8-12-28(21-13-10-9-11-14-21)32-31(26-17-22-15-24(19(26)2)29(22,4)5)27-18-23-16-25(20(27)3)30(23,6)7/h8-11,13-14,19-20,22-28H,1,12,15-18H2,2-7H3/t19-,20-,22+,23+,24-,25-,26-,27-,28+/m1/s1. The second-order valence-corrected chi connectivity index (χ2v) is 13.3. The second-order valence-electron chi connectivity index (χ2n) is 13.3. The van der Waals surface area contributed by atoms with E-state index in [2.05, 4.69) is 84.5 Å². The van der Waals surface area contributed by atoms with Crippen molar-refractivity contribution in [1.82, 2.24) is 0 Å². The van der Waals surface area contributed by atoms with Gasteiger partial charge in [-0.15, -0.1) is 6.58 Å². The summed E-state index contributed by atoms with van der Waals surface area (Å²) in [7, 11) is 0. The molecule has 0 aliphatic heterocycles. The highest BCUT2D eigenvalue weighted by Gasteiger charge is 2.63. The Balaban J connectivity index is 1.45. The predicted molar refractivity (Wildman–Crippen MR) is 137 cm³/mol. The van der Waals surface area contributed by atoms with E-state index >= 15 is 0 Å². The van der Waals surface area contributed by atoms with Crippen LogP contribution in [0.3, 0.4) is 0 Å². The van der Waals surface area contributed by atoms with Crippen molar-refractivity contribution in [2.45, 2.75) is 91.4 Å². The van der Waals surface area contributed by atoms with E-state index < -0.39 is 0 Å². The minimum absolute atomic E-state index is 0.135. The van der Waals surface area contributed by atoms with Crippen LogP contribution in [0, 0.1) is 46.3 Å². The van der Waals surface area contributed by atoms with Crippen LogP contribution in [0.5, 0.6) is 0 Å². The average molecular weight is 433 g/mol. The molecule has 1 nitrogen and oxygen atoms in total. The SMILES string of the molecule is C=CC[C@H](OB([C@@H]1C[C@@H]2C[C@H]([C@H]1C)C2(C)C)[C@@H]1C[C@@H]2C[C@H]([C@H]1C)C2(C)C)c1ccccc1. The van der Waals surface area contributed by atoms with Gasteiger partial charge in [0.05, 0.1) is 6.10 Å². The molecule has 6 aliphatic rings. The fourth-order valence-corrected chi connectivity index (χ4v) is 9.04. The second kappa shape index (κ2) is 8.04. The molecule has 9 atom stereocenters. The Morgan fingerprint density at radius 1 is 0.906 bits per heavy atom. The molecule has 7 rings (SSSR count). The van der Waals surface area contributed by atoms with Crippen LogP contribution in [0.4, 0.5) is 0 Å². The average Bonchev–Trinajstić information content (AvgIpc) is 2.77. The first kappa shape index (κ1) is 22.8. The molecular weight excluding hydrogens is 387 g/mol. The molecule has 0 amide bonds. The molecule has 0 radical (unpaired) electrons. The molecule has 1 aromatic rings. The van der Waals surface area contributed by atoms with Crippen molar-refractivity contribution in [2.75, 3.05) is 0 Å². The maximum absolute atomic E-state index is 7.30. The van der Waals surface area contributed by atoms with Crippen molar-refractivity contribution in [2.24, 2.45) is 46.3 Å². The first-order valence-corrected chi connectivity index (χ1v) is 13.5. The summed E-state index contributed by atoms with van der Waals surface area (Å²) in [6, 6.07) is 10.9. The zero-order valence-corrected chi connectivity index (χ0v) is 21.4. The lowest BCUT2D eigenvalue weighted by molar-refractivity contribution is -0.112. The lowest BCUT2D eigenvalue weighted by Gasteiger charge is -2.66. The summed E-state index contributed by atoms with van der Waals surface area (Å²) in [6.45, 7) is 19.7. The Hall–Kier alpha value is -1.02. The summed E-state index contributed by atoms with van der Waals surface area (Å²) < 4.78 is 7.30. The van der Waals surface area contributed by atoms with Crippen LogP contribution < -0.4 is 0 Å². The highest BCUT2D eigenvalue weighted by atomic mass is 16.4. The fraction of sp³-hybridized carbons (Fsp3) is 0.733. The molecule has 1 aromatic carbocycles. The van der Waals surface area contributed by atoms with Gasteiger partial charge < -0.3 is 4.65 Å². The smallest absolute Gasteiger partial charge is 0.300 e. The van der Waals surface area contributed by atoms with Gasteiger partial charge in [0.2, 0.25) is 0 Å². The van der Waals surface area contributed by atoms with Gasteiger partial charge in [0, 0.05) is 0 Å². The Morgan fingerprint density at radius 3 is 1.81 bits per heavy atom. The van der Waals surface area contributed by atoms with E-state index in [1.807, 2.05) is 0 Å². The molecule has 0 N–H and O–H groups in total. The van der Waals surface area contributed by atoms with Gasteiger partial charge >= 0.3 is 6.92 Å². The molecule has 6 fully saturated rings. The van der Waals surface area contributed by atoms with Gasteiger partial charge in [-0.05, 0) is 82.8 Å². The van der Waals surface area contributed by atoms with E-state index in [0.29, 0.717) is 29.4 Å². The minimum atomic E-state index is 0.135. The van der Waals surface area contributed by atoms with Gasteiger partial charge in [0.15, 0.2) is 0 Å². The summed E-state index contributed by atoms with van der Waals surface area (Å²) in [5.74, 6) is 6.45. The van der Waals surface area contributed by atoms with Crippen LogP contribution in [0.2, 0.25) is 11.6 Å². The Bertz CT molecular complexity index is 786. The fourth-order valence-electron chi connectivity index (χ4n) is 9.04. The summed E-state index contributed by atoms with van der Waals surface area (Å²) >= 11 is 0. The molecule has 0 unspecified atom stereocenters. The number of benzene rings is 1. The highest BCUT2D eigenvalue weighted by Crippen LogP contribution is 2.69. The third-order valence-corrected chi connectivity index (χ3v) is 11.5. The monoisotopic (exact) mass is 432 g/mol. The molecule has 0 aromatic heterocycles. The molecule has 6 saturated carbocycles. The van der Waals surface area contributed by atoms with Gasteiger partial charge in [-0.25, -0.2) is 0 Å². The van der Waals surface area contributed by atoms with E-state index in [1.165, 1.54) is 31.2 Å². The van der Waals surface area contributed by atoms with Crippen molar-refractivity contribution in [3.05, 3.63) is 48.6 Å². The van der Waals surface area contributed by atoms with Crippen molar-refractivity contribution in [3.8, 4) is 0 Å². The summed E-state index contributed by atoms with van der Waals surface area (Å²) in [6.07, 6.45) is 8.73. The maximum Gasteiger partial charge on any atom is 0.300 e. The molecule has 2 heteroatoms. The lowest BCUT2D eigenvalue weighted by Crippen LogP contribution is -2.60. The summed E-state index contributed by atoms with van der Waals surface area (Å²) in [4.78, 5) is 0. The van der Waals surface area contributed by atoms with Gasteiger partial charge in [-0.3, -0.25) is 0 Å². The van der Waals surface area contributed by atoms with Gasteiger partial charge in [-0.2, -0.15) is 0 Å². The van der Waals surface area contributed by atoms with E-state index in [9.17, 15) is 0 Å². The van der Waals surface area contributed by atoms with E-state index in [4.69, 9.17) is 4.65 Å². The molecular formula is C30H45BO. The summed E-state index contributed by atoms with van der Waals surface area (Å²) in [5, 5.41) is 0. The lowest BCUT2D eigenvalue weighted by atomic mass is 9.27. The third-order valence-electron chi connectivity index (χ3n) is 11.5. The molecule has 0 spiro atoms. The number of hydrogen-bond donors (Lipinski definition) is 0. The number of rotatable bonds is 7. The van der Waals surface area contributed by atoms with Crippen LogP contribution in [-0.4, -0.2) is 6.92 Å². The van der Waals surface area contributed by atoms with Crippen LogP contribution in [0.15, 0.2) is 43.0 Å². The molecule has 4 bridgehead atoms. The Morgan fingerprint density at radius 2 is 1.41 bits per heavy atom. The first-order chi connectivity index (χ1) is 15.2. The first-order valence-electron chi connectivity index (χ1n) is 13.5.